The Kier molecular flexibility index (Phi) is 2.83. The highest BCUT2D eigenvalue weighted by Crippen LogP contribution is 2.36. The van der Waals surface area contributed by atoms with Gasteiger partial charge in [0.05, 0.1) is 11.3 Å². The molecular weight excluding hydrogens is 219 g/mol. The lowest BCUT2D eigenvalue weighted by molar-refractivity contribution is -0.138. The summed E-state index contributed by atoms with van der Waals surface area (Å²) in [4.78, 5) is 3.01. The minimum Gasteiger partial charge on any atom is -0.397 e. The number of nitrogens with two attached hydrogens (primary N) is 1. The lowest BCUT2D eigenvalue weighted by atomic mass is 10.1. The number of alkyl halides is 5. The van der Waals surface area contributed by atoms with Crippen molar-refractivity contribution in [2.24, 2.45) is 0 Å². The van der Waals surface area contributed by atoms with Gasteiger partial charge in [0.1, 0.15) is 5.69 Å². The molecule has 0 bridgehead atoms. The summed E-state index contributed by atoms with van der Waals surface area (Å²) in [7, 11) is 0. The molecule has 0 radical (unpaired) electrons. The summed E-state index contributed by atoms with van der Waals surface area (Å²) in [6, 6.07) is 0. The Bertz CT molecular complexity index is 372. The molecule has 0 amide bonds. The standard InChI is InChI=1S/C8H7F5N2/c1-3-4(8(11,12)13)2-15-6(5(3)14)7(9)10/h2,7H,14H2,1H3. The topological polar surface area (TPSA) is 38.9 Å². The van der Waals surface area contributed by atoms with E-state index < -0.39 is 35.1 Å². The Hall–Kier alpha value is -1.40. The second-order valence-corrected chi connectivity index (χ2v) is 2.89. The van der Waals surface area contributed by atoms with Crippen LogP contribution in [0.5, 0.6) is 0 Å². The second-order valence-electron chi connectivity index (χ2n) is 2.89. The van der Waals surface area contributed by atoms with Crippen molar-refractivity contribution in [3.05, 3.63) is 23.0 Å². The monoisotopic (exact) mass is 226 g/mol. The molecule has 0 aliphatic heterocycles. The minimum absolute atomic E-state index is 0.368. The van der Waals surface area contributed by atoms with Crippen LogP contribution in [0.15, 0.2) is 6.20 Å². The third kappa shape index (κ3) is 2.16. The highest BCUT2D eigenvalue weighted by Gasteiger charge is 2.34. The second kappa shape index (κ2) is 3.63. The molecular formula is C8H7F5N2. The zero-order valence-corrected chi connectivity index (χ0v) is 7.57. The van der Waals surface area contributed by atoms with E-state index in [-0.39, 0.29) is 0 Å². The highest BCUT2D eigenvalue weighted by molar-refractivity contribution is 5.54. The normalized spacial score (nSPS) is 12.2. The van der Waals surface area contributed by atoms with Crippen molar-refractivity contribution >= 4 is 5.69 Å². The Morgan fingerprint density at radius 2 is 1.87 bits per heavy atom. The fourth-order valence-corrected chi connectivity index (χ4v) is 1.10. The third-order valence-corrected chi connectivity index (χ3v) is 1.93. The van der Waals surface area contributed by atoms with Gasteiger partial charge in [-0.15, -0.1) is 0 Å². The Morgan fingerprint density at radius 1 is 1.33 bits per heavy atom. The first-order valence-electron chi connectivity index (χ1n) is 3.85. The van der Waals surface area contributed by atoms with E-state index in [4.69, 9.17) is 5.73 Å². The first-order valence-corrected chi connectivity index (χ1v) is 3.85. The van der Waals surface area contributed by atoms with Gasteiger partial charge >= 0.3 is 6.18 Å². The number of halogens is 5. The van der Waals surface area contributed by atoms with E-state index in [1.54, 1.807) is 0 Å². The molecule has 0 fully saturated rings. The smallest absolute Gasteiger partial charge is 0.397 e. The quantitative estimate of drug-likeness (QED) is 0.747. The summed E-state index contributed by atoms with van der Waals surface area (Å²) in [6.45, 7) is 1.03. The van der Waals surface area contributed by atoms with Crippen LogP contribution in [0.2, 0.25) is 0 Å². The van der Waals surface area contributed by atoms with Gasteiger partial charge in [0.2, 0.25) is 0 Å². The van der Waals surface area contributed by atoms with Crippen LogP contribution in [0.1, 0.15) is 23.2 Å². The van der Waals surface area contributed by atoms with E-state index in [0.29, 0.717) is 6.20 Å². The first kappa shape index (κ1) is 11.7. The fraction of sp³-hybridized carbons (Fsp3) is 0.375. The van der Waals surface area contributed by atoms with E-state index in [2.05, 4.69) is 4.98 Å². The summed E-state index contributed by atoms with van der Waals surface area (Å²) < 4.78 is 61.3. The molecule has 0 unspecified atom stereocenters. The van der Waals surface area contributed by atoms with Crippen molar-refractivity contribution in [1.82, 2.24) is 4.98 Å². The Morgan fingerprint density at radius 3 is 2.27 bits per heavy atom. The lowest BCUT2D eigenvalue weighted by Gasteiger charge is -2.13. The van der Waals surface area contributed by atoms with E-state index in [9.17, 15) is 22.0 Å². The van der Waals surface area contributed by atoms with Gasteiger partial charge < -0.3 is 5.73 Å². The maximum absolute atomic E-state index is 12.3. The summed E-state index contributed by atoms with van der Waals surface area (Å²) >= 11 is 0. The maximum Gasteiger partial charge on any atom is 0.418 e. The van der Waals surface area contributed by atoms with Crippen molar-refractivity contribution in [3.63, 3.8) is 0 Å². The van der Waals surface area contributed by atoms with Crippen molar-refractivity contribution in [1.29, 1.82) is 0 Å². The van der Waals surface area contributed by atoms with Crippen LogP contribution in [0.3, 0.4) is 0 Å². The van der Waals surface area contributed by atoms with Gasteiger partial charge in [-0.2, -0.15) is 13.2 Å². The molecule has 0 saturated heterocycles. The summed E-state index contributed by atoms with van der Waals surface area (Å²) in [5.41, 5.74) is 2.19. The molecule has 7 heteroatoms. The molecule has 2 nitrogen and oxygen atoms in total. The van der Waals surface area contributed by atoms with E-state index >= 15 is 0 Å². The van der Waals surface area contributed by atoms with Gasteiger partial charge in [0.25, 0.3) is 6.43 Å². The Balaban J connectivity index is 3.34. The van der Waals surface area contributed by atoms with E-state index in [1.807, 2.05) is 0 Å². The molecule has 1 aromatic heterocycles. The van der Waals surface area contributed by atoms with Crippen LogP contribution in [0, 0.1) is 6.92 Å². The lowest BCUT2D eigenvalue weighted by Crippen LogP contribution is -2.12. The van der Waals surface area contributed by atoms with Crippen molar-refractivity contribution in [2.75, 3.05) is 5.73 Å². The zero-order chi connectivity index (χ0) is 11.8. The zero-order valence-electron chi connectivity index (χ0n) is 7.57. The number of pyridine rings is 1. The van der Waals surface area contributed by atoms with Gasteiger partial charge in [-0.25, -0.2) is 8.78 Å². The molecule has 0 aliphatic carbocycles. The predicted molar refractivity (Wildman–Crippen MR) is 43.3 cm³/mol. The number of nitrogen functional groups attached to an aromatic ring is 1. The van der Waals surface area contributed by atoms with Crippen LogP contribution in [0.25, 0.3) is 0 Å². The van der Waals surface area contributed by atoms with Crippen molar-refractivity contribution in [3.8, 4) is 0 Å². The average Bonchev–Trinajstić information content (AvgIpc) is 2.06. The van der Waals surface area contributed by atoms with Crippen LogP contribution in [-0.2, 0) is 6.18 Å². The van der Waals surface area contributed by atoms with Crippen molar-refractivity contribution in [2.45, 2.75) is 19.5 Å². The molecule has 84 valence electrons. The number of nitrogens with zero attached hydrogens (tertiary/aromatic N) is 1. The van der Waals surface area contributed by atoms with Crippen LogP contribution < -0.4 is 5.73 Å². The molecule has 0 aliphatic rings. The molecule has 0 saturated carbocycles. The number of rotatable bonds is 1. The summed E-state index contributed by atoms with van der Waals surface area (Å²) in [6.07, 6.45) is -7.25. The van der Waals surface area contributed by atoms with Gasteiger partial charge in [-0.3, -0.25) is 4.98 Å². The maximum atomic E-state index is 12.3. The molecule has 0 atom stereocenters. The van der Waals surface area contributed by atoms with Crippen LogP contribution >= 0.6 is 0 Å². The van der Waals surface area contributed by atoms with Gasteiger partial charge in [-0.05, 0) is 12.5 Å². The van der Waals surface area contributed by atoms with Gasteiger partial charge in [0, 0.05) is 6.20 Å². The third-order valence-electron chi connectivity index (χ3n) is 1.93. The van der Waals surface area contributed by atoms with E-state index in [0.717, 1.165) is 6.92 Å². The largest absolute Gasteiger partial charge is 0.418 e. The molecule has 0 spiro atoms. The Labute approximate surface area is 81.9 Å². The molecule has 1 aromatic rings. The summed E-state index contributed by atoms with van der Waals surface area (Å²) in [5, 5.41) is 0. The molecule has 0 aromatic carbocycles. The number of aromatic nitrogens is 1. The number of anilines is 1. The predicted octanol–water partition coefficient (Wildman–Crippen LogP) is 2.93. The van der Waals surface area contributed by atoms with E-state index in [1.165, 1.54) is 0 Å². The molecule has 2 N–H and O–H groups in total. The molecule has 1 rings (SSSR count). The molecule has 15 heavy (non-hydrogen) atoms. The SMILES string of the molecule is Cc1c(C(F)(F)F)cnc(C(F)F)c1N. The van der Waals surface area contributed by atoms with Gasteiger partial charge in [0.15, 0.2) is 0 Å². The van der Waals surface area contributed by atoms with Gasteiger partial charge in [-0.1, -0.05) is 0 Å². The minimum atomic E-state index is -4.63. The van der Waals surface area contributed by atoms with Crippen LogP contribution in [-0.4, -0.2) is 4.98 Å². The van der Waals surface area contributed by atoms with Crippen LogP contribution in [0.4, 0.5) is 27.6 Å². The number of hydrogen-bond donors (Lipinski definition) is 1. The highest BCUT2D eigenvalue weighted by atomic mass is 19.4. The summed E-state index contributed by atoms with van der Waals surface area (Å²) in [5.74, 6) is 0. The van der Waals surface area contributed by atoms with Crippen molar-refractivity contribution < 1.29 is 22.0 Å². The number of hydrogen-bond acceptors (Lipinski definition) is 2. The fourth-order valence-electron chi connectivity index (χ4n) is 1.10. The average molecular weight is 226 g/mol. The molecule has 1 heterocycles. The first-order chi connectivity index (χ1) is 6.75.